The lowest BCUT2D eigenvalue weighted by molar-refractivity contribution is 0.250. The number of hydrogen-bond acceptors (Lipinski definition) is 4. The van der Waals surface area contributed by atoms with Crippen molar-refractivity contribution in [3.05, 3.63) is 48.3 Å². The molecular weight excluding hydrogens is 390 g/mol. The van der Waals surface area contributed by atoms with Crippen LogP contribution >= 0.6 is 0 Å². The van der Waals surface area contributed by atoms with E-state index in [-0.39, 0.29) is 6.03 Å². The Morgan fingerprint density at radius 2 is 2.06 bits per heavy atom. The zero-order valence-corrected chi connectivity index (χ0v) is 18.4. The number of aromatic nitrogens is 1. The fraction of sp³-hybridized carbons (Fsp3) is 0.500. The minimum Gasteiger partial charge on any atom is -0.497 e. The van der Waals surface area contributed by atoms with Crippen molar-refractivity contribution in [1.29, 1.82) is 0 Å². The monoisotopic (exact) mass is 421 g/mol. The second kappa shape index (κ2) is 8.04. The number of anilines is 1. The van der Waals surface area contributed by atoms with E-state index in [2.05, 4.69) is 40.2 Å². The van der Waals surface area contributed by atoms with Crippen LogP contribution in [-0.2, 0) is 13.6 Å². The highest BCUT2D eigenvalue weighted by atomic mass is 16.5. The number of aliphatic imine (C=N–C) groups is 1. The van der Waals surface area contributed by atoms with Crippen LogP contribution in [0.4, 0.5) is 10.5 Å². The topological polar surface area (TPSA) is 62.1 Å². The number of nitrogens with zero attached hydrogens (tertiary/aromatic N) is 4. The summed E-state index contributed by atoms with van der Waals surface area (Å²) >= 11 is 0. The molecule has 7 heteroatoms. The van der Waals surface area contributed by atoms with Crippen LogP contribution in [0.1, 0.15) is 37.8 Å². The normalized spacial score (nSPS) is 25.8. The molecule has 1 unspecified atom stereocenters. The maximum atomic E-state index is 13.3. The molecule has 164 valence electrons. The molecule has 3 aliphatic rings. The lowest BCUT2D eigenvalue weighted by atomic mass is 9.95. The highest BCUT2D eigenvalue weighted by molar-refractivity contribution is 6.19. The Balaban J connectivity index is 1.50. The van der Waals surface area contributed by atoms with Crippen molar-refractivity contribution in [2.45, 2.75) is 50.2 Å². The number of carbonyl (C=O) groups excluding carboxylic acids is 1. The molecule has 1 atom stereocenters. The Labute approximate surface area is 183 Å². The molecule has 2 aromatic rings. The van der Waals surface area contributed by atoms with Crippen molar-refractivity contribution in [2.24, 2.45) is 12.0 Å². The van der Waals surface area contributed by atoms with E-state index in [1.54, 1.807) is 7.11 Å². The molecule has 1 saturated carbocycles. The summed E-state index contributed by atoms with van der Waals surface area (Å²) < 4.78 is 7.60. The molecule has 0 radical (unpaired) electrons. The van der Waals surface area contributed by atoms with Gasteiger partial charge in [-0.15, -0.1) is 0 Å². The molecule has 1 aromatic heterocycles. The van der Waals surface area contributed by atoms with Gasteiger partial charge in [0.2, 0.25) is 0 Å². The second-order valence-corrected chi connectivity index (χ2v) is 8.99. The van der Waals surface area contributed by atoms with Crippen LogP contribution in [0.2, 0.25) is 0 Å². The number of carbonyl (C=O) groups is 1. The zero-order valence-electron chi connectivity index (χ0n) is 18.4. The van der Waals surface area contributed by atoms with E-state index in [0.717, 1.165) is 56.2 Å². The Morgan fingerprint density at radius 3 is 2.81 bits per heavy atom. The van der Waals surface area contributed by atoms with Gasteiger partial charge in [-0.3, -0.25) is 20.1 Å². The number of ether oxygens (including phenoxy) is 1. The molecule has 2 amide bonds. The average Bonchev–Trinajstić information content (AvgIpc) is 3.55. The zero-order chi connectivity index (χ0) is 21.4. The van der Waals surface area contributed by atoms with E-state index in [4.69, 9.17) is 9.73 Å². The van der Waals surface area contributed by atoms with Gasteiger partial charge in [0.15, 0.2) is 0 Å². The van der Waals surface area contributed by atoms with Gasteiger partial charge in [0.1, 0.15) is 17.1 Å². The van der Waals surface area contributed by atoms with E-state index >= 15 is 0 Å². The predicted octanol–water partition coefficient (Wildman–Crippen LogP) is 3.55. The quantitative estimate of drug-likeness (QED) is 0.803. The highest BCUT2D eigenvalue weighted by Gasteiger charge is 2.55. The molecule has 1 N–H and O–H groups in total. The summed E-state index contributed by atoms with van der Waals surface area (Å²) in [6.07, 6.45) is 7.61. The van der Waals surface area contributed by atoms with Crippen LogP contribution < -0.4 is 15.0 Å². The van der Waals surface area contributed by atoms with Crippen LogP contribution in [0.5, 0.6) is 5.75 Å². The van der Waals surface area contributed by atoms with E-state index in [1.165, 1.54) is 18.5 Å². The predicted molar refractivity (Wildman–Crippen MR) is 122 cm³/mol. The molecule has 5 rings (SSSR count). The molecule has 2 saturated heterocycles. The summed E-state index contributed by atoms with van der Waals surface area (Å²) in [5.41, 5.74) is 1.67. The third-order valence-corrected chi connectivity index (χ3v) is 7.01. The van der Waals surface area contributed by atoms with Gasteiger partial charge in [-0.25, -0.2) is 4.79 Å². The smallest absolute Gasteiger partial charge is 0.328 e. The van der Waals surface area contributed by atoms with E-state index in [9.17, 15) is 4.79 Å². The van der Waals surface area contributed by atoms with Crippen LogP contribution in [0.3, 0.4) is 0 Å². The first-order chi connectivity index (χ1) is 15.1. The van der Waals surface area contributed by atoms with Crippen molar-refractivity contribution in [2.75, 3.05) is 25.1 Å². The molecule has 0 bridgehead atoms. The van der Waals surface area contributed by atoms with Gasteiger partial charge < -0.3 is 9.30 Å². The largest absolute Gasteiger partial charge is 0.497 e. The Kier molecular flexibility index (Phi) is 5.22. The molecule has 2 aliphatic heterocycles. The molecule has 31 heavy (non-hydrogen) atoms. The Hall–Kier alpha value is -2.80. The third kappa shape index (κ3) is 3.61. The van der Waals surface area contributed by atoms with Crippen molar-refractivity contribution in [3.63, 3.8) is 0 Å². The molecular formula is C24H31N5O2. The van der Waals surface area contributed by atoms with Crippen LogP contribution in [0.15, 0.2) is 47.6 Å². The SMILES string of the molecule is COc1cccc(N2C(=O)NC(=NC3CCCC3)C23CCN(Cc2cccn2C)C3)c1. The summed E-state index contributed by atoms with van der Waals surface area (Å²) in [5, 5.41) is 3.15. The fourth-order valence-electron chi connectivity index (χ4n) is 5.33. The highest BCUT2D eigenvalue weighted by Crippen LogP contribution is 2.39. The number of rotatable bonds is 5. The summed E-state index contributed by atoms with van der Waals surface area (Å²) in [5.74, 6) is 1.60. The standard InChI is InChI=1S/C24H31N5O2/c1-27-13-6-10-20(27)16-28-14-12-24(17-28)22(25-18-7-3-4-8-18)26-23(30)29(24)19-9-5-11-21(15-19)31-2/h5-6,9-11,13,15,18H,3-4,7-8,12,14,16-17H2,1-2H3,(H,25,26,30). The van der Waals surface area contributed by atoms with Crippen LogP contribution in [0, 0.1) is 0 Å². The maximum Gasteiger partial charge on any atom is 0.328 e. The van der Waals surface area contributed by atoms with Crippen molar-refractivity contribution in [1.82, 2.24) is 14.8 Å². The van der Waals surface area contributed by atoms with Gasteiger partial charge in [0.05, 0.1) is 18.8 Å². The van der Waals surface area contributed by atoms with E-state index in [1.807, 2.05) is 29.2 Å². The first kappa shape index (κ1) is 20.1. The second-order valence-electron chi connectivity index (χ2n) is 8.99. The number of amidine groups is 1. The molecule has 1 aliphatic carbocycles. The average molecular weight is 422 g/mol. The molecule has 7 nitrogen and oxygen atoms in total. The minimum atomic E-state index is -0.461. The van der Waals surface area contributed by atoms with Crippen LogP contribution in [0.25, 0.3) is 0 Å². The van der Waals surface area contributed by atoms with E-state index < -0.39 is 5.54 Å². The number of aryl methyl sites for hydroxylation is 1. The summed E-state index contributed by atoms with van der Waals surface area (Å²) in [7, 11) is 3.74. The summed E-state index contributed by atoms with van der Waals surface area (Å²) in [6.45, 7) is 2.55. The lowest BCUT2D eigenvalue weighted by Crippen LogP contribution is -2.52. The van der Waals surface area contributed by atoms with Crippen molar-refractivity contribution < 1.29 is 9.53 Å². The van der Waals surface area contributed by atoms with Gasteiger partial charge in [0, 0.05) is 44.6 Å². The summed E-state index contributed by atoms with van der Waals surface area (Å²) in [6, 6.07) is 12.3. The number of methoxy groups -OCH3 is 1. The first-order valence-electron chi connectivity index (χ1n) is 11.3. The number of hydrogen-bond donors (Lipinski definition) is 1. The molecule has 3 heterocycles. The molecule has 3 fully saturated rings. The maximum absolute atomic E-state index is 13.3. The van der Waals surface area contributed by atoms with Crippen LogP contribution in [-0.4, -0.2) is 53.1 Å². The minimum absolute atomic E-state index is 0.0919. The number of nitrogens with one attached hydrogen (secondary N) is 1. The molecule has 1 spiro atoms. The fourth-order valence-corrected chi connectivity index (χ4v) is 5.33. The number of amides is 2. The Bertz CT molecular complexity index is 993. The first-order valence-corrected chi connectivity index (χ1v) is 11.3. The number of urea groups is 1. The van der Waals surface area contributed by atoms with Gasteiger partial charge >= 0.3 is 6.03 Å². The van der Waals surface area contributed by atoms with Crippen molar-refractivity contribution >= 4 is 17.6 Å². The number of benzene rings is 1. The van der Waals surface area contributed by atoms with Gasteiger partial charge in [-0.2, -0.15) is 0 Å². The van der Waals surface area contributed by atoms with Gasteiger partial charge in [-0.1, -0.05) is 18.9 Å². The van der Waals surface area contributed by atoms with E-state index in [0.29, 0.717) is 6.04 Å². The number of likely N-dealkylation sites (tertiary alicyclic amines) is 1. The Morgan fingerprint density at radius 1 is 1.23 bits per heavy atom. The summed E-state index contributed by atoms with van der Waals surface area (Å²) in [4.78, 5) is 22.7. The lowest BCUT2D eigenvalue weighted by Gasteiger charge is -2.34. The van der Waals surface area contributed by atoms with Crippen molar-refractivity contribution in [3.8, 4) is 5.75 Å². The van der Waals surface area contributed by atoms with Gasteiger partial charge in [0.25, 0.3) is 0 Å². The third-order valence-electron chi connectivity index (χ3n) is 7.01. The molecule has 1 aromatic carbocycles. The van der Waals surface area contributed by atoms with Gasteiger partial charge in [-0.05, 0) is 43.5 Å².